The van der Waals surface area contributed by atoms with E-state index < -0.39 is 0 Å². The van der Waals surface area contributed by atoms with E-state index in [1.807, 2.05) is 6.92 Å². The van der Waals surface area contributed by atoms with Crippen molar-refractivity contribution in [3.05, 3.63) is 42.0 Å². The SMILES string of the molecule is CNc1cncc(-c2cc(F)ccc2C)n1. The highest BCUT2D eigenvalue weighted by molar-refractivity contribution is 5.63. The van der Waals surface area contributed by atoms with Crippen molar-refractivity contribution in [2.75, 3.05) is 12.4 Å². The Hall–Kier alpha value is -1.97. The number of nitrogens with zero attached hydrogens (tertiary/aromatic N) is 2. The van der Waals surface area contributed by atoms with E-state index in [9.17, 15) is 4.39 Å². The molecule has 0 unspecified atom stereocenters. The van der Waals surface area contributed by atoms with Gasteiger partial charge in [-0.15, -0.1) is 0 Å². The van der Waals surface area contributed by atoms with Gasteiger partial charge in [0.2, 0.25) is 0 Å². The van der Waals surface area contributed by atoms with Gasteiger partial charge in [-0.1, -0.05) is 6.07 Å². The smallest absolute Gasteiger partial charge is 0.144 e. The van der Waals surface area contributed by atoms with Gasteiger partial charge in [-0.05, 0) is 24.6 Å². The Bertz CT molecular complexity index is 511. The van der Waals surface area contributed by atoms with Crippen LogP contribution in [0.3, 0.4) is 0 Å². The van der Waals surface area contributed by atoms with Crippen molar-refractivity contribution in [2.24, 2.45) is 0 Å². The summed E-state index contributed by atoms with van der Waals surface area (Å²) in [5.74, 6) is 0.401. The maximum absolute atomic E-state index is 13.2. The Morgan fingerprint density at radius 3 is 2.81 bits per heavy atom. The van der Waals surface area contributed by atoms with Crippen LogP contribution in [-0.4, -0.2) is 17.0 Å². The first-order valence-corrected chi connectivity index (χ1v) is 4.97. The van der Waals surface area contributed by atoms with Gasteiger partial charge in [0, 0.05) is 12.6 Å². The molecular formula is C12H12FN3. The molecule has 0 amide bonds. The second-order valence-electron chi connectivity index (χ2n) is 3.50. The van der Waals surface area contributed by atoms with Gasteiger partial charge in [-0.25, -0.2) is 9.37 Å². The minimum atomic E-state index is -0.266. The normalized spacial score (nSPS) is 10.2. The largest absolute Gasteiger partial charge is 0.372 e. The molecule has 0 fully saturated rings. The first-order chi connectivity index (χ1) is 7.70. The van der Waals surface area contributed by atoms with Gasteiger partial charge in [-0.3, -0.25) is 4.98 Å². The molecule has 0 bridgehead atoms. The number of nitrogens with one attached hydrogen (secondary N) is 1. The highest BCUT2D eigenvalue weighted by Gasteiger charge is 2.06. The molecule has 0 saturated heterocycles. The molecule has 0 aliphatic carbocycles. The highest BCUT2D eigenvalue weighted by atomic mass is 19.1. The van der Waals surface area contributed by atoms with Gasteiger partial charge in [0.25, 0.3) is 0 Å². The van der Waals surface area contributed by atoms with Gasteiger partial charge in [-0.2, -0.15) is 0 Å². The number of benzene rings is 1. The monoisotopic (exact) mass is 217 g/mol. The molecule has 0 aliphatic rings. The van der Waals surface area contributed by atoms with Gasteiger partial charge in [0.1, 0.15) is 11.6 Å². The van der Waals surface area contributed by atoms with Crippen LogP contribution in [0, 0.1) is 12.7 Å². The zero-order valence-electron chi connectivity index (χ0n) is 9.16. The van der Waals surface area contributed by atoms with Crippen molar-refractivity contribution < 1.29 is 4.39 Å². The van der Waals surface area contributed by atoms with Gasteiger partial charge < -0.3 is 5.32 Å². The second kappa shape index (κ2) is 4.26. The number of halogens is 1. The first-order valence-electron chi connectivity index (χ1n) is 4.97. The minimum Gasteiger partial charge on any atom is -0.372 e. The van der Waals surface area contributed by atoms with Crippen molar-refractivity contribution >= 4 is 5.82 Å². The molecule has 0 spiro atoms. The van der Waals surface area contributed by atoms with Gasteiger partial charge in [0.05, 0.1) is 18.1 Å². The van der Waals surface area contributed by atoms with Crippen molar-refractivity contribution in [2.45, 2.75) is 6.92 Å². The second-order valence-corrected chi connectivity index (χ2v) is 3.50. The maximum Gasteiger partial charge on any atom is 0.144 e. The fourth-order valence-electron chi connectivity index (χ4n) is 1.49. The number of hydrogen-bond acceptors (Lipinski definition) is 3. The lowest BCUT2D eigenvalue weighted by atomic mass is 10.1. The van der Waals surface area contributed by atoms with Crippen molar-refractivity contribution in [1.29, 1.82) is 0 Å². The lowest BCUT2D eigenvalue weighted by Gasteiger charge is -2.06. The highest BCUT2D eigenvalue weighted by Crippen LogP contribution is 2.22. The molecule has 0 atom stereocenters. The summed E-state index contributed by atoms with van der Waals surface area (Å²) in [6.07, 6.45) is 3.25. The van der Waals surface area contributed by atoms with Crippen LogP contribution in [0.2, 0.25) is 0 Å². The molecule has 0 aliphatic heterocycles. The Labute approximate surface area is 93.4 Å². The van der Waals surface area contributed by atoms with E-state index in [1.54, 1.807) is 25.5 Å². The molecule has 82 valence electrons. The van der Waals surface area contributed by atoms with Crippen LogP contribution < -0.4 is 5.32 Å². The van der Waals surface area contributed by atoms with Crippen LogP contribution in [0.5, 0.6) is 0 Å². The summed E-state index contributed by atoms with van der Waals surface area (Å²) in [5.41, 5.74) is 2.41. The van der Waals surface area contributed by atoms with Crippen LogP contribution in [0.25, 0.3) is 11.3 Å². The molecule has 1 aromatic carbocycles. The van der Waals surface area contributed by atoms with E-state index in [0.717, 1.165) is 11.1 Å². The maximum atomic E-state index is 13.2. The summed E-state index contributed by atoms with van der Waals surface area (Å²) in [7, 11) is 1.77. The average molecular weight is 217 g/mol. The summed E-state index contributed by atoms with van der Waals surface area (Å²) < 4.78 is 13.2. The Kier molecular flexibility index (Phi) is 2.81. The summed E-state index contributed by atoms with van der Waals surface area (Å²) >= 11 is 0. The number of rotatable bonds is 2. The van der Waals surface area contributed by atoms with Gasteiger partial charge >= 0.3 is 0 Å². The van der Waals surface area contributed by atoms with Crippen LogP contribution in [-0.2, 0) is 0 Å². The van der Waals surface area contributed by atoms with E-state index in [4.69, 9.17) is 0 Å². The predicted molar refractivity (Wildman–Crippen MR) is 61.7 cm³/mol. The number of aryl methyl sites for hydroxylation is 1. The van der Waals surface area contributed by atoms with Crippen molar-refractivity contribution in [1.82, 2.24) is 9.97 Å². The molecule has 4 heteroatoms. The third-order valence-corrected chi connectivity index (χ3v) is 2.37. The van der Waals surface area contributed by atoms with E-state index in [1.165, 1.54) is 12.1 Å². The molecule has 0 radical (unpaired) electrons. The summed E-state index contributed by atoms with van der Waals surface area (Å²) in [6.45, 7) is 1.92. The number of anilines is 1. The summed E-state index contributed by atoms with van der Waals surface area (Å²) in [5, 5.41) is 2.90. The molecule has 1 N–H and O–H groups in total. The fourth-order valence-corrected chi connectivity index (χ4v) is 1.49. The average Bonchev–Trinajstić information content (AvgIpc) is 2.32. The van der Waals surface area contributed by atoms with E-state index >= 15 is 0 Å². The molecule has 16 heavy (non-hydrogen) atoms. The van der Waals surface area contributed by atoms with Crippen LogP contribution in [0.15, 0.2) is 30.6 Å². The zero-order chi connectivity index (χ0) is 11.5. The molecule has 1 aromatic heterocycles. The first kappa shape index (κ1) is 10.5. The van der Waals surface area contributed by atoms with E-state index in [0.29, 0.717) is 11.5 Å². The van der Waals surface area contributed by atoms with E-state index in [-0.39, 0.29) is 5.82 Å². The summed E-state index contributed by atoms with van der Waals surface area (Å²) in [6, 6.07) is 4.64. The molecule has 3 nitrogen and oxygen atoms in total. The lowest BCUT2D eigenvalue weighted by Crippen LogP contribution is -1.96. The lowest BCUT2D eigenvalue weighted by molar-refractivity contribution is 0.628. The molecule has 1 heterocycles. The molecule has 0 saturated carbocycles. The standard InChI is InChI=1S/C12H12FN3/c1-8-3-4-9(13)5-10(8)11-6-15-7-12(14-2)16-11/h3-7H,1-2H3,(H,14,16). The Balaban J connectivity index is 2.53. The summed E-state index contributed by atoms with van der Waals surface area (Å²) in [4.78, 5) is 8.38. The third kappa shape index (κ3) is 2.00. The third-order valence-electron chi connectivity index (χ3n) is 2.37. The van der Waals surface area contributed by atoms with Gasteiger partial charge in [0.15, 0.2) is 0 Å². The topological polar surface area (TPSA) is 37.8 Å². The Morgan fingerprint density at radius 1 is 1.25 bits per heavy atom. The van der Waals surface area contributed by atoms with E-state index in [2.05, 4.69) is 15.3 Å². The molecule has 2 rings (SSSR count). The number of aromatic nitrogens is 2. The van der Waals surface area contributed by atoms with Crippen molar-refractivity contribution in [3.63, 3.8) is 0 Å². The zero-order valence-corrected chi connectivity index (χ0v) is 9.16. The van der Waals surface area contributed by atoms with Crippen molar-refractivity contribution in [3.8, 4) is 11.3 Å². The fraction of sp³-hybridized carbons (Fsp3) is 0.167. The van der Waals surface area contributed by atoms with Crippen LogP contribution in [0.4, 0.5) is 10.2 Å². The predicted octanol–water partition coefficient (Wildman–Crippen LogP) is 2.63. The molecule has 2 aromatic rings. The minimum absolute atomic E-state index is 0.266. The number of hydrogen-bond donors (Lipinski definition) is 1. The quantitative estimate of drug-likeness (QED) is 0.840. The van der Waals surface area contributed by atoms with Crippen LogP contribution >= 0.6 is 0 Å². The van der Waals surface area contributed by atoms with Crippen LogP contribution in [0.1, 0.15) is 5.56 Å². The molecular weight excluding hydrogens is 205 g/mol. The Morgan fingerprint density at radius 2 is 2.06 bits per heavy atom.